The number of aryl methyl sites for hydroxylation is 1. The summed E-state index contributed by atoms with van der Waals surface area (Å²) in [6, 6.07) is 8.18. The first-order chi connectivity index (χ1) is 6.90. The van der Waals surface area contributed by atoms with Crippen molar-refractivity contribution in [1.29, 1.82) is 0 Å². The van der Waals surface area contributed by atoms with Gasteiger partial charge in [0.15, 0.2) is 0 Å². The van der Waals surface area contributed by atoms with E-state index in [0.29, 0.717) is 0 Å². The minimum atomic E-state index is 0.220. The van der Waals surface area contributed by atoms with E-state index in [2.05, 4.69) is 19.1 Å². The Morgan fingerprint density at radius 3 is 2.86 bits per heavy atom. The predicted octanol–water partition coefficient (Wildman–Crippen LogP) is 3.07. The highest BCUT2D eigenvalue weighted by molar-refractivity contribution is 5.82. The van der Waals surface area contributed by atoms with Gasteiger partial charge in [-0.1, -0.05) is 25.1 Å². The van der Waals surface area contributed by atoms with E-state index in [9.17, 15) is 0 Å². The first-order valence-corrected chi connectivity index (χ1v) is 5.02. The summed E-state index contributed by atoms with van der Waals surface area (Å²) < 4.78 is 11.1. The summed E-state index contributed by atoms with van der Waals surface area (Å²) in [5.74, 6) is 1.04. The Morgan fingerprint density at radius 1 is 1.36 bits per heavy atom. The second kappa shape index (κ2) is 2.85. The van der Waals surface area contributed by atoms with Crippen LogP contribution in [0, 0.1) is 0 Å². The summed E-state index contributed by atoms with van der Waals surface area (Å²) in [6.07, 6.45) is 1.23. The quantitative estimate of drug-likeness (QED) is 0.677. The number of fused-ring (bicyclic) bond motifs is 1. The smallest absolute Gasteiger partial charge is 0.139 e. The highest BCUT2D eigenvalue weighted by Crippen LogP contribution is 2.38. The summed E-state index contributed by atoms with van der Waals surface area (Å²) in [4.78, 5) is 0. The van der Waals surface area contributed by atoms with Gasteiger partial charge in [-0.05, 0) is 12.5 Å². The van der Waals surface area contributed by atoms with E-state index in [1.165, 1.54) is 10.9 Å². The first-order valence-electron chi connectivity index (χ1n) is 5.02. The Hall–Kier alpha value is -1.28. The molecule has 1 aromatic heterocycles. The highest BCUT2D eigenvalue weighted by atomic mass is 16.6. The van der Waals surface area contributed by atoms with Crippen LogP contribution in [0.3, 0.4) is 0 Å². The molecule has 0 aliphatic carbocycles. The van der Waals surface area contributed by atoms with Gasteiger partial charge >= 0.3 is 0 Å². The van der Waals surface area contributed by atoms with Gasteiger partial charge in [0.05, 0.1) is 6.61 Å². The molecule has 2 aromatic rings. The lowest BCUT2D eigenvalue weighted by Crippen LogP contribution is -1.84. The second-order valence-corrected chi connectivity index (χ2v) is 3.62. The highest BCUT2D eigenvalue weighted by Gasteiger charge is 2.31. The number of benzene rings is 1. The summed E-state index contributed by atoms with van der Waals surface area (Å²) in [7, 11) is 0. The topological polar surface area (TPSA) is 25.7 Å². The van der Waals surface area contributed by atoms with Gasteiger partial charge in [0.2, 0.25) is 0 Å². The number of hydrogen-bond acceptors (Lipinski definition) is 2. The van der Waals surface area contributed by atoms with Crippen molar-refractivity contribution in [1.82, 2.24) is 0 Å². The third-order valence-corrected chi connectivity index (χ3v) is 2.71. The lowest BCUT2D eigenvalue weighted by atomic mass is 10.1. The van der Waals surface area contributed by atoms with Crippen molar-refractivity contribution in [2.75, 3.05) is 6.61 Å². The molecule has 0 spiro atoms. The van der Waals surface area contributed by atoms with E-state index >= 15 is 0 Å². The average molecular weight is 188 g/mol. The summed E-state index contributed by atoms with van der Waals surface area (Å²) in [5.41, 5.74) is 2.29. The molecule has 1 unspecified atom stereocenters. The molecule has 2 heterocycles. The number of epoxide rings is 1. The number of hydrogen-bond donors (Lipinski definition) is 0. The molecule has 0 N–H and O–H groups in total. The van der Waals surface area contributed by atoms with E-state index in [1.54, 1.807) is 0 Å². The van der Waals surface area contributed by atoms with Crippen LogP contribution in [-0.4, -0.2) is 6.61 Å². The maximum Gasteiger partial charge on any atom is 0.139 e. The van der Waals surface area contributed by atoms with Gasteiger partial charge < -0.3 is 9.15 Å². The van der Waals surface area contributed by atoms with Gasteiger partial charge in [0.1, 0.15) is 17.4 Å². The van der Waals surface area contributed by atoms with Crippen molar-refractivity contribution in [2.24, 2.45) is 0 Å². The van der Waals surface area contributed by atoms with Gasteiger partial charge in [-0.2, -0.15) is 0 Å². The molecule has 2 heteroatoms. The molecular weight excluding hydrogens is 176 g/mol. The molecule has 0 saturated carbocycles. The summed E-state index contributed by atoms with van der Waals surface area (Å²) in [6.45, 7) is 2.97. The fraction of sp³-hybridized carbons (Fsp3) is 0.333. The lowest BCUT2D eigenvalue weighted by Gasteiger charge is -1.94. The van der Waals surface area contributed by atoms with Crippen molar-refractivity contribution in [2.45, 2.75) is 19.4 Å². The van der Waals surface area contributed by atoms with Crippen LogP contribution in [0.25, 0.3) is 11.0 Å². The molecular formula is C12H12O2. The molecule has 1 saturated heterocycles. The minimum absolute atomic E-state index is 0.220. The predicted molar refractivity (Wildman–Crippen MR) is 54.3 cm³/mol. The minimum Gasteiger partial charge on any atom is -0.458 e. The molecule has 1 aliphatic heterocycles. The Kier molecular flexibility index (Phi) is 1.64. The van der Waals surface area contributed by atoms with Crippen molar-refractivity contribution >= 4 is 11.0 Å². The summed E-state index contributed by atoms with van der Waals surface area (Å²) in [5, 5.41) is 1.24. The van der Waals surface area contributed by atoms with E-state index in [-0.39, 0.29) is 6.10 Å². The van der Waals surface area contributed by atoms with Crippen LogP contribution in [0.5, 0.6) is 0 Å². The Balaban J connectivity index is 2.28. The number of ether oxygens (including phenoxy) is 1. The number of rotatable bonds is 2. The fourth-order valence-electron chi connectivity index (χ4n) is 1.94. The summed E-state index contributed by atoms with van der Waals surface area (Å²) >= 11 is 0. The van der Waals surface area contributed by atoms with Gasteiger partial charge in [-0.25, -0.2) is 0 Å². The van der Waals surface area contributed by atoms with Crippen LogP contribution in [-0.2, 0) is 11.2 Å². The fourth-order valence-corrected chi connectivity index (χ4v) is 1.94. The number of para-hydroxylation sites is 1. The van der Waals surface area contributed by atoms with Crippen LogP contribution in [0.15, 0.2) is 28.7 Å². The average Bonchev–Trinajstić information content (AvgIpc) is 2.99. The zero-order valence-electron chi connectivity index (χ0n) is 8.12. The van der Waals surface area contributed by atoms with Crippen molar-refractivity contribution in [3.05, 3.63) is 35.6 Å². The SMILES string of the molecule is CCc1c(C2CO2)oc2ccccc12. The second-order valence-electron chi connectivity index (χ2n) is 3.62. The normalized spacial score (nSPS) is 20.2. The van der Waals surface area contributed by atoms with E-state index in [0.717, 1.165) is 24.4 Å². The maximum absolute atomic E-state index is 5.79. The van der Waals surface area contributed by atoms with Gasteiger partial charge in [0, 0.05) is 10.9 Å². The zero-order chi connectivity index (χ0) is 9.54. The third-order valence-electron chi connectivity index (χ3n) is 2.71. The van der Waals surface area contributed by atoms with Crippen LogP contribution in [0.1, 0.15) is 24.4 Å². The van der Waals surface area contributed by atoms with Crippen molar-refractivity contribution in [3.8, 4) is 0 Å². The van der Waals surface area contributed by atoms with Crippen molar-refractivity contribution in [3.63, 3.8) is 0 Å². The maximum atomic E-state index is 5.79. The van der Waals surface area contributed by atoms with Crippen molar-refractivity contribution < 1.29 is 9.15 Å². The first kappa shape index (κ1) is 8.06. The van der Waals surface area contributed by atoms with Gasteiger partial charge in [-0.15, -0.1) is 0 Å². The lowest BCUT2D eigenvalue weighted by molar-refractivity contribution is 0.376. The zero-order valence-corrected chi connectivity index (χ0v) is 8.12. The van der Waals surface area contributed by atoms with Gasteiger partial charge in [-0.3, -0.25) is 0 Å². The van der Waals surface area contributed by atoms with Crippen LogP contribution < -0.4 is 0 Å². The molecule has 0 amide bonds. The Morgan fingerprint density at radius 2 is 2.14 bits per heavy atom. The molecule has 0 radical (unpaired) electrons. The monoisotopic (exact) mass is 188 g/mol. The molecule has 0 bridgehead atoms. The van der Waals surface area contributed by atoms with Gasteiger partial charge in [0.25, 0.3) is 0 Å². The van der Waals surface area contributed by atoms with E-state index in [1.807, 2.05) is 12.1 Å². The molecule has 1 aliphatic rings. The third kappa shape index (κ3) is 1.07. The molecule has 1 aromatic carbocycles. The molecule has 1 fully saturated rings. The number of furan rings is 1. The Bertz CT molecular complexity index is 466. The molecule has 2 nitrogen and oxygen atoms in total. The molecule has 3 rings (SSSR count). The van der Waals surface area contributed by atoms with Crippen LogP contribution >= 0.6 is 0 Å². The molecule has 72 valence electrons. The van der Waals surface area contributed by atoms with E-state index < -0.39 is 0 Å². The molecule has 1 atom stereocenters. The molecule has 14 heavy (non-hydrogen) atoms. The largest absolute Gasteiger partial charge is 0.458 e. The Labute approximate surface area is 82.5 Å². The van der Waals surface area contributed by atoms with Crippen LogP contribution in [0.2, 0.25) is 0 Å². The van der Waals surface area contributed by atoms with Crippen LogP contribution in [0.4, 0.5) is 0 Å². The standard InChI is InChI=1S/C12H12O2/c1-2-8-9-5-3-4-6-10(9)14-12(8)11-7-13-11/h3-6,11H,2,7H2,1H3. The van der Waals surface area contributed by atoms with E-state index in [4.69, 9.17) is 9.15 Å².